The Morgan fingerprint density at radius 1 is 1.09 bits per heavy atom. The van der Waals surface area contributed by atoms with Crippen LogP contribution in [0.4, 0.5) is 5.69 Å². The number of ether oxygens (including phenoxy) is 1. The van der Waals surface area contributed by atoms with Crippen LogP contribution in [0.5, 0.6) is 5.88 Å². The zero-order chi connectivity index (χ0) is 24.5. The molecule has 9 heteroatoms. The third-order valence-corrected chi connectivity index (χ3v) is 5.90. The number of methoxy groups -OCH3 is 1. The lowest BCUT2D eigenvalue weighted by molar-refractivity contribution is 0.398. The monoisotopic (exact) mass is 468 g/mol. The van der Waals surface area contributed by atoms with Crippen LogP contribution in [-0.2, 0) is 0 Å². The summed E-state index contributed by atoms with van der Waals surface area (Å²) in [5, 5.41) is 18.3. The van der Waals surface area contributed by atoms with Crippen molar-refractivity contribution in [2.75, 3.05) is 12.4 Å². The van der Waals surface area contributed by atoms with Gasteiger partial charge in [-0.05, 0) is 43.7 Å². The van der Waals surface area contributed by atoms with E-state index in [1.165, 1.54) is 0 Å². The van der Waals surface area contributed by atoms with Crippen LogP contribution in [0.25, 0.3) is 33.8 Å². The highest BCUT2D eigenvalue weighted by molar-refractivity contribution is 5.85. The fourth-order valence-electron chi connectivity index (χ4n) is 4.17. The van der Waals surface area contributed by atoms with Crippen LogP contribution in [0.3, 0.4) is 0 Å². The second-order valence-corrected chi connectivity index (χ2v) is 8.33. The van der Waals surface area contributed by atoms with E-state index in [0.717, 1.165) is 16.7 Å². The van der Waals surface area contributed by atoms with E-state index in [9.17, 15) is 4.79 Å². The molecular formula is C26H24N6O3. The number of aryl methyl sites for hydroxylation is 1. The van der Waals surface area contributed by atoms with Crippen molar-refractivity contribution >= 4 is 16.7 Å². The van der Waals surface area contributed by atoms with Crippen LogP contribution in [0.15, 0.2) is 63.8 Å². The first kappa shape index (κ1) is 22.3. The van der Waals surface area contributed by atoms with Crippen molar-refractivity contribution in [1.82, 2.24) is 25.6 Å². The molecule has 5 aromatic rings. The summed E-state index contributed by atoms with van der Waals surface area (Å²) in [6, 6.07) is 16.9. The van der Waals surface area contributed by atoms with Crippen LogP contribution in [-0.4, -0.2) is 32.7 Å². The Bertz CT molecular complexity index is 1560. The van der Waals surface area contributed by atoms with Gasteiger partial charge in [-0.1, -0.05) is 36.4 Å². The molecule has 0 radical (unpaired) electrons. The standard InChI is InChI=1S/C26H24N6O3/c1-14-12-18(16(3)27-20-10-11-21(34-4)28-22(20)26-29-31-32-30-26)25-19(13-14)23(33)15(2)24(35-25)17-8-6-5-7-9-17/h5-13,16,27H,1-4H3,(H,29,30,31,32). The molecular weight excluding hydrogens is 444 g/mol. The van der Waals surface area contributed by atoms with E-state index in [2.05, 4.69) is 30.9 Å². The van der Waals surface area contributed by atoms with Gasteiger partial charge in [-0.25, -0.2) is 4.98 Å². The fraction of sp³-hybridized carbons (Fsp3) is 0.192. The molecule has 3 heterocycles. The molecule has 2 aromatic carbocycles. The van der Waals surface area contributed by atoms with E-state index in [1.54, 1.807) is 20.1 Å². The maximum Gasteiger partial charge on any atom is 0.225 e. The summed E-state index contributed by atoms with van der Waals surface area (Å²) in [6.07, 6.45) is 0. The van der Waals surface area contributed by atoms with E-state index in [0.29, 0.717) is 45.4 Å². The van der Waals surface area contributed by atoms with Gasteiger partial charge in [0.05, 0.1) is 24.2 Å². The summed E-state index contributed by atoms with van der Waals surface area (Å²) >= 11 is 0. The van der Waals surface area contributed by atoms with Gasteiger partial charge in [0, 0.05) is 22.8 Å². The largest absolute Gasteiger partial charge is 0.481 e. The smallest absolute Gasteiger partial charge is 0.225 e. The number of nitrogens with one attached hydrogen (secondary N) is 2. The molecule has 0 spiro atoms. The molecule has 1 atom stereocenters. The molecule has 0 saturated heterocycles. The van der Waals surface area contributed by atoms with Gasteiger partial charge in [0.2, 0.25) is 11.7 Å². The number of rotatable bonds is 6. The van der Waals surface area contributed by atoms with Crippen molar-refractivity contribution in [3.63, 3.8) is 0 Å². The second kappa shape index (κ2) is 9.02. The Labute approximate surface area is 201 Å². The SMILES string of the molecule is COc1ccc(NC(C)c2cc(C)cc3c(=O)c(C)c(-c4ccccc4)oc23)c(-c2nn[nH]n2)n1. The number of pyridine rings is 1. The lowest BCUT2D eigenvalue weighted by atomic mass is 9.98. The minimum Gasteiger partial charge on any atom is -0.481 e. The Morgan fingerprint density at radius 3 is 2.60 bits per heavy atom. The molecule has 3 aromatic heterocycles. The van der Waals surface area contributed by atoms with Crippen molar-refractivity contribution < 1.29 is 9.15 Å². The van der Waals surface area contributed by atoms with Crippen LogP contribution in [0.1, 0.15) is 29.7 Å². The van der Waals surface area contributed by atoms with Crippen LogP contribution < -0.4 is 15.5 Å². The molecule has 0 aliphatic heterocycles. The normalized spacial score (nSPS) is 12.0. The van der Waals surface area contributed by atoms with Gasteiger partial charge < -0.3 is 14.5 Å². The molecule has 0 aliphatic carbocycles. The zero-order valence-corrected chi connectivity index (χ0v) is 19.8. The van der Waals surface area contributed by atoms with Crippen LogP contribution in [0.2, 0.25) is 0 Å². The molecule has 1 unspecified atom stereocenters. The molecule has 9 nitrogen and oxygen atoms in total. The summed E-state index contributed by atoms with van der Waals surface area (Å²) in [5.41, 5.74) is 4.94. The van der Waals surface area contributed by atoms with Gasteiger partial charge in [0.25, 0.3) is 0 Å². The predicted octanol–water partition coefficient (Wildman–Crippen LogP) is 4.83. The third-order valence-electron chi connectivity index (χ3n) is 5.90. The van der Waals surface area contributed by atoms with Crippen molar-refractivity contribution in [3.05, 3.63) is 81.5 Å². The first-order chi connectivity index (χ1) is 17.0. The van der Waals surface area contributed by atoms with E-state index < -0.39 is 0 Å². The summed E-state index contributed by atoms with van der Waals surface area (Å²) in [7, 11) is 1.55. The highest BCUT2D eigenvalue weighted by atomic mass is 16.5. The molecule has 0 fully saturated rings. The number of hydrogen-bond donors (Lipinski definition) is 2. The number of aromatic nitrogens is 5. The van der Waals surface area contributed by atoms with E-state index in [-0.39, 0.29) is 11.5 Å². The van der Waals surface area contributed by atoms with Crippen molar-refractivity contribution in [2.45, 2.75) is 26.8 Å². The number of hydrogen-bond acceptors (Lipinski definition) is 8. The molecule has 5 rings (SSSR count). The van der Waals surface area contributed by atoms with Gasteiger partial charge in [-0.15, -0.1) is 10.2 Å². The average Bonchev–Trinajstić information content (AvgIpc) is 3.41. The first-order valence-corrected chi connectivity index (χ1v) is 11.1. The summed E-state index contributed by atoms with van der Waals surface area (Å²) < 4.78 is 11.7. The maximum absolute atomic E-state index is 13.4. The minimum atomic E-state index is -0.243. The van der Waals surface area contributed by atoms with E-state index in [1.807, 2.05) is 62.4 Å². The molecule has 176 valence electrons. The highest BCUT2D eigenvalue weighted by Gasteiger charge is 2.21. The number of benzene rings is 2. The van der Waals surface area contributed by atoms with Gasteiger partial charge in [-0.3, -0.25) is 4.79 Å². The Morgan fingerprint density at radius 2 is 1.89 bits per heavy atom. The number of nitrogens with zero attached hydrogens (tertiary/aromatic N) is 4. The van der Waals surface area contributed by atoms with Crippen LogP contribution in [0, 0.1) is 13.8 Å². The number of H-pyrrole nitrogens is 1. The fourth-order valence-corrected chi connectivity index (χ4v) is 4.17. The lowest BCUT2D eigenvalue weighted by Crippen LogP contribution is -2.13. The minimum absolute atomic E-state index is 0.0409. The molecule has 2 N–H and O–H groups in total. The number of fused-ring (bicyclic) bond motifs is 1. The van der Waals surface area contributed by atoms with Gasteiger partial charge in [0.15, 0.2) is 5.43 Å². The van der Waals surface area contributed by atoms with Gasteiger partial charge in [-0.2, -0.15) is 5.21 Å². The van der Waals surface area contributed by atoms with E-state index in [4.69, 9.17) is 9.15 Å². The number of aromatic amines is 1. The molecule has 0 amide bonds. The van der Waals surface area contributed by atoms with Gasteiger partial charge in [0.1, 0.15) is 17.0 Å². The average molecular weight is 469 g/mol. The Kier molecular flexibility index (Phi) is 5.74. The third kappa shape index (κ3) is 4.12. The van der Waals surface area contributed by atoms with Crippen molar-refractivity contribution in [1.29, 1.82) is 0 Å². The maximum atomic E-state index is 13.4. The van der Waals surface area contributed by atoms with Crippen molar-refractivity contribution in [3.8, 4) is 28.7 Å². The summed E-state index contributed by atoms with van der Waals surface area (Å²) in [5.74, 6) is 1.33. The summed E-state index contributed by atoms with van der Waals surface area (Å²) in [6.45, 7) is 5.77. The van der Waals surface area contributed by atoms with Crippen LogP contribution >= 0.6 is 0 Å². The first-order valence-electron chi connectivity index (χ1n) is 11.1. The molecule has 35 heavy (non-hydrogen) atoms. The van der Waals surface area contributed by atoms with E-state index >= 15 is 0 Å². The molecule has 0 saturated carbocycles. The molecule has 0 aliphatic rings. The number of anilines is 1. The predicted molar refractivity (Wildman–Crippen MR) is 133 cm³/mol. The highest BCUT2D eigenvalue weighted by Crippen LogP contribution is 2.34. The summed E-state index contributed by atoms with van der Waals surface area (Å²) in [4.78, 5) is 17.9. The topological polar surface area (TPSA) is 119 Å². The Balaban J connectivity index is 1.64. The number of tetrazole rings is 1. The van der Waals surface area contributed by atoms with Gasteiger partial charge >= 0.3 is 0 Å². The van der Waals surface area contributed by atoms with Crippen molar-refractivity contribution in [2.24, 2.45) is 0 Å². The lowest BCUT2D eigenvalue weighted by Gasteiger charge is -2.20. The zero-order valence-electron chi connectivity index (χ0n) is 19.8. The Hall–Kier alpha value is -4.53. The second-order valence-electron chi connectivity index (χ2n) is 8.33. The molecule has 0 bridgehead atoms. The quantitative estimate of drug-likeness (QED) is 0.364.